The lowest BCUT2D eigenvalue weighted by Crippen LogP contribution is -2.15. The summed E-state index contributed by atoms with van der Waals surface area (Å²) >= 11 is 2.17. The third-order valence-electron chi connectivity index (χ3n) is 2.38. The molecule has 0 aliphatic carbocycles. The van der Waals surface area contributed by atoms with Crippen molar-refractivity contribution in [1.82, 2.24) is 9.97 Å². The zero-order valence-electron chi connectivity index (χ0n) is 10.6. The minimum atomic E-state index is -0.167. The molecule has 0 spiro atoms. The molecule has 1 heterocycles. The Hall–Kier alpha value is -1.70. The molecular weight excluding hydrogens is 355 g/mol. The average molecular weight is 368 g/mol. The van der Waals surface area contributed by atoms with Crippen LogP contribution in [0.25, 0.3) is 0 Å². The maximum Gasteiger partial charge on any atom is 0.255 e. The number of nitrogens with zero attached hydrogens (tertiary/aromatic N) is 3. The summed E-state index contributed by atoms with van der Waals surface area (Å²) < 4.78 is 1.02. The van der Waals surface area contributed by atoms with E-state index in [2.05, 4.69) is 37.9 Å². The van der Waals surface area contributed by atoms with Crippen LogP contribution in [0.3, 0.4) is 0 Å². The number of hydrogen-bond acceptors (Lipinski definition) is 4. The lowest BCUT2D eigenvalue weighted by atomic mass is 10.2. The van der Waals surface area contributed by atoms with Crippen molar-refractivity contribution < 1.29 is 4.79 Å². The Bertz CT molecular complexity index is 583. The molecule has 0 radical (unpaired) electrons. The molecule has 2 aromatic rings. The smallest absolute Gasteiger partial charge is 0.255 e. The summed E-state index contributed by atoms with van der Waals surface area (Å²) in [6, 6.07) is 7.38. The van der Waals surface area contributed by atoms with Gasteiger partial charge in [0.1, 0.15) is 0 Å². The molecule has 2 rings (SSSR count). The quantitative estimate of drug-likeness (QED) is 0.846. The van der Waals surface area contributed by atoms with E-state index in [0.29, 0.717) is 17.2 Å². The van der Waals surface area contributed by atoms with Crippen LogP contribution in [0.4, 0.5) is 11.6 Å². The highest BCUT2D eigenvalue weighted by molar-refractivity contribution is 14.1. The van der Waals surface area contributed by atoms with E-state index in [9.17, 15) is 4.79 Å². The molecule has 1 aromatic carbocycles. The number of halogens is 1. The van der Waals surface area contributed by atoms with Crippen molar-refractivity contribution in [2.45, 2.75) is 0 Å². The van der Waals surface area contributed by atoms with E-state index in [0.717, 1.165) is 3.57 Å². The van der Waals surface area contributed by atoms with E-state index in [1.165, 1.54) is 0 Å². The summed E-state index contributed by atoms with van der Waals surface area (Å²) in [6.07, 6.45) is 3.18. The van der Waals surface area contributed by atoms with Crippen LogP contribution < -0.4 is 10.2 Å². The van der Waals surface area contributed by atoms with Gasteiger partial charge in [-0.05, 0) is 40.8 Å². The summed E-state index contributed by atoms with van der Waals surface area (Å²) in [5.41, 5.74) is 1.19. The van der Waals surface area contributed by atoms with Crippen LogP contribution >= 0.6 is 22.6 Å². The zero-order valence-corrected chi connectivity index (χ0v) is 12.7. The van der Waals surface area contributed by atoms with Crippen molar-refractivity contribution in [3.63, 3.8) is 0 Å². The molecule has 0 fully saturated rings. The second kappa shape index (κ2) is 5.96. The molecule has 0 saturated heterocycles. The van der Waals surface area contributed by atoms with Gasteiger partial charge >= 0.3 is 0 Å². The number of rotatable bonds is 3. The van der Waals surface area contributed by atoms with E-state index < -0.39 is 0 Å². The second-order valence-electron chi connectivity index (χ2n) is 4.13. The fraction of sp³-hybridized carbons (Fsp3) is 0.154. The summed E-state index contributed by atoms with van der Waals surface area (Å²) in [4.78, 5) is 22.1. The van der Waals surface area contributed by atoms with Crippen LogP contribution in [0.15, 0.2) is 36.7 Å². The first-order chi connectivity index (χ1) is 9.06. The first-order valence-electron chi connectivity index (χ1n) is 5.62. The van der Waals surface area contributed by atoms with Crippen LogP contribution in [0.1, 0.15) is 10.4 Å². The monoisotopic (exact) mass is 368 g/mol. The minimum absolute atomic E-state index is 0.167. The van der Waals surface area contributed by atoms with E-state index in [-0.39, 0.29) is 5.91 Å². The molecule has 1 aromatic heterocycles. The Labute approximate surface area is 125 Å². The Kier molecular flexibility index (Phi) is 4.31. The third-order valence-corrected chi connectivity index (χ3v) is 3.05. The fourth-order valence-electron chi connectivity index (χ4n) is 1.45. The largest absolute Gasteiger partial charge is 0.347 e. The van der Waals surface area contributed by atoms with Crippen molar-refractivity contribution in [2.75, 3.05) is 24.3 Å². The molecule has 0 atom stereocenters. The van der Waals surface area contributed by atoms with Crippen LogP contribution in [-0.4, -0.2) is 30.0 Å². The number of amides is 1. The van der Waals surface area contributed by atoms with Crippen molar-refractivity contribution in [1.29, 1.82) is 0 Å². The molecule has 0 saturated carbocycles. The SMILES string of the molecule is CN(C)c1ncc(NC(=O)c2cccc(I)c2)cn1. The van der Waals surface area contributed by atoms with E-state index in [1.807, 2.05) is 32.3 Å². The molecule has 0 unspecified atom stereocenters. The van der Waals surface area contributed by atoms with E-state index >= 15 is 0 Å². The Balaban J connectivity index is 2.10. The molecule has 1 N–H and O–H groups in total. The van der Waals surface area contributed by atoms with Crippen LogP contribution in [0.5, 0.6) is 0 Å². The molecule has 0 bridgehead atoms. The topological polar surface area (TPSA) is 58.1 Å². The number of anilines is 2. The summed E-state index contributed by atoms with van der Waals surface area (Å²) in [6.45, 7) is 0. The number of aromatic nitrogens is 2. The molecule has 0 aliphatic heterocycles. The maximum atomic E-state index is 12.0. The van der Waals surface area contributed by atoms with Gasteiger partial charge in [0, 0.05) is 23.2 Å². The molecule has 1 amide bonds. The first kappa shape index (κ1) is 13.7. The molecule has 6 heteroatoms. The second-order valence-corrected chi connectivity index (χ2v) is 5.38. The molecule has 5 nitrogen and oxygen atoms in total. The Morgan fingerprint density at radius 2 is 1.95 bits per heavy atom. The van der Waals surface area contributed by atoms with Gasteiger partial charge in [-0.1, -0.05) is 6.07 Å². The van der Waals surface area contributed by atoms with Gasteiger partial charge in [0.25, 0.3) is 5.91 Å². The van der Waals surface area contributed by atoms with Crippen molar-refractivity contribution in [3.05, 3.63) is 45.8 Å². The summed E-state index contributed by atoms with van der Waals surface area (Å²) in [5.74, 6) is 0.437. The van der Waals surface area contributed by atoms with Gasteiger partial charge in [0.15, 0.2) is 0 Å². The van der Waals surface area contributed by atoms with Gasteiger partial charge in [0.05, 0.1) is 18.1 Å². The van der Waals surface area contributed by atoms with Crippen LogP contribution in [0.2, 0.25) is 0 Å². The van der Waals surface area contributed by atoms with Gasteiger partial charge in [-0.25, -0.2) is 9.97 Å². The van der Waals surface area contributed by atoms with E-state index in [4.69, 9.17) is 0 Å². The average Bonchev–Trinajstić information content (AvgIpc) is 2.39. The standard InChI is InChI=1S/C13H13IN4O/c1-18(2)13-15-7-11(8-16-13)17-12(19)9-4-3-5-10(14)6-9/h3-8H,1-2H3,(H,17,19). The first-order valence-corrected chi connectivity index (χ1v) is 6.70. The molecule has 0 aliphatic rings. The fourth-order valence-corrected chi connectivity index (χ4v) is 1.99. The highest BCUT2D eigenvalue weighted by Gasteiger charge is 2.07. The zero-order chi connectivity index (χ0) is 13.8. The molecule has 19 heavy (non-hydrogen) atoms. The number of nitrogens with one attached hydrogen (secondary N) is 1. The molecule has 98 valence electrons. The Morgan fingerprint density at radius 3 is 2.53 bits per heavy atom. The number of hydrogen-bond donors (Lipinski definition) is 1. The highest BCUT2D eigenvalue weighted by atomic mass is 127. The maximum absolute atomic E-state index is 12.0. The molecular formula is C13H13IN4O. The predicted octanol–water partition coefficient (Wildman–Crippen LogP) is 2.40. The van der Waals surface area contributed by atoms with Crippen molar-refractivity contribution in [3.8, 4) is 0 Å². The van der Waals surface area contributed by atoms with Gasteiger partial charge in [-0.15, -0.1) is 0 Å². The van der Waals surface area contributed by atoms with Gasteiger partial charge < -0.3 is 10.2 Å². The number of carbonyl (C=O) groups is 1. The van der Waals surface area contributed by atoms with Gasteiger partial charge in [-0.3, -0.25) is 4.79 Å². The van der Waals surface area contributed by atoms with Crippen molar-refractivity contribution in [2.24, 2.45) is 0 Å². The third kappa shape index (κ3) is 3.63. The number of benzene rings is 1. The normalized spacial score (nSPS) is 10.1. The lowest BCUT2D eigenvalue weighted by molar-refractivity contribution is 0.102. The minimum Gasteiger partial charge on any atom is -0.347 e. The van der Waals surface area contributed by atoms with Crippen LogP contribution in [-0.2, 0) is 0 Å². The summed E-state index contributed by atoms with van der Waals surface area (Å²) in [5, 5.41) is 2.77. The van der Waals surface area contributed by atoms with Crippen LogP contribution in [0, 0.1) is 3.57 Å². The number of carbonyl (C=O) groups excluding carboxylic acids is 1. The predicted molar refractivity (Wildman–Crippen MR) is 83.5 cm³/mol. The summed E-state index contributed by atoms with van der Waals surface area (Å²) in [7, 11) is 3.72. The van der Waals surface area contributed by atoms with Crippen molar-refractivity contribution >= 4 is 40.1 Å². The van der Waals surface area contributed by atoms with Gasteiger partial charge in [-0.2, -0.15) is 0 Å². The highest BCUT2D eigenvalue weighted by Crippen LogP contribution is 2.12. The van der Waals surface area contributed by atoms with Gasteiger partial charge in [0.2, 0.25) is 5.95 Å². The Morgan fingerprint density at radius 1 is 1.26 bits per heavy atom. The van der Waals surface area contributed by atoms with E-state index in [1.54, 1.807) is 23.4 Å². The lowest BCUT2D eigenvalue weighted by Gasteiger charge is -2.10.